The molecule has 1 aliphatic carbocycles. The largest absolute Gasteiger partial charge is 0.472 e. The predicted molar refractivity (Wildman–Crippen MR) is 55.4 cm³/mol. The standard InChI is InChI=1S/C11H10O2S/c12-11(13)5-4-8-2-1-3-10-9(8)6-7-14-10/h6-8H,1-3H2,(H,12,13). The van der Waals surface area contributed by atoms with Crippen molar-refractivity contribution < 1.29 is 9.90 Å². The van der Waals surface area contributed by atoms with Gasteiger partial charge in [-0.05, 0) is 36.3 Å². The van der Waals surface area contributed by atoms with Crippen molar-refractivity contribution in [3.8, 4) is 11.8 Å². The maximum atomic E-state index is 10.3. The maximum Gasteiger partial charge on any atom is 0.381 e. The SMILES string of the molecule is O=C(O)C#CC1CCCc2sccc21. The van der Waals surface area contributed by atoms with Gasteiger partial charge in [-0.1, -0.05) is 5.92 Å². The molecule has 1 atom stereocenters. The number of aliphatic carboxylic acids is 1. The van der Waals surface area contributed by atoms with E-state index >= 15 is 0 Å². The predicted octanol–water partition coefficient (Wildman–Crippen LogP) is 2.26. The summed E-state index contributed by atoms with van der Waals surface area (Å²) in [6.07, 6.45) is 3.23. The van der Waals surface area contributed by atoms with Crippen LogP contribution in [0.4, 0.5) is 0 Å². The fourth-order valence-electron chi connectivity index (χ4n) is 1.79. The van der Waals surface area contributed by atoms with Gasteiger partial charge in [0.2, 0.25) is 0 Å². The summed E-state index contributed by atoms with van der Waals surface area (Å²) in [5, 5.41) is 10.5. The molecule has 0 amide bonds. The summed E-state index contributed by atoms with van der Waals surface area (Å²) in [5.74, 6) is 4.14. The molecular weight excluding hydrogens is 196 g/mol. The van der Waals surface area contributed by atoms with Gasteiger partial charge in [-0.25, -0.2) is 4.79 Å². The normalized spacial score (nSPS) is 19.3. The van der Waals surface area contributed by atoms with Gasteiger partial charge in [-0.15, -0.1) is 11.3 Å². The minimum Gasteiger partial charge on any atom is -0.472 e. The fraction of sp³-hybridized carbons (Fsp3) is 0.364. The molecule has 72 valence electrons. The molecule has 0 fully saturated rings. The summed E-state index contributed by atoms with van der Waals surface area (Å²) in [6, 6.07) is 2.07. The van der Waals surface area contributed by atoms with E-state index in [1.807, 2.05) is 0 Å². The zero-order valence-corrected chi connectivity index (χ0v) is 8.43. The van der Waals surface area contributed by atoms with Crippen LogP contribution < -0.4 is 0 Å². The monoisotopic (exact) mass is 206 g/mol. The highest BCUT2D eigenvalue weighted by molar-refractivity contribution is 7.10. The van der Waals surface area contributed by atoms with Crippen molar-refractivity contribution in [2.45, 2.75) is 25.2 Å². The van der Waals surface area contributed by atoms with E-state index < -0.39 is 5.97 Å². The second-order valence-electron chi connectivity index (χ2n) is 3.32. The Morgan fingerprint density at radius 2 is 2.50 bits per heavy atom. The molecule has 1 aliphatic rings. The van der Waals surface area contributed by atoms with Crippen LogP contribution >= 0.6 is 11.3 Å². The third kappa shape index (κ3) is 1.80. The molecule has 14 heavy (non-hydrogen) atoms. The molecule has 1 aromatic rings. The van der Waals surface area contributed by atoms with Crippen LogP contribution in [0.25, 0.3) is 0 Å². The number of hydrogen-bond donors (Lipinski definition) is 1. The van der Waals surface area contributed by atoms with Crippen molar-refractivity contribution in [2.75, 3.05) is 0 Å². The van der Waals surface area contributed by atoms with E-state index in [0.717, 1.165) is 19.3 Å². The molecule has 1 unspecified atom stereocenters. The zero-order valence-electron chi connectivity index (χ0n) is 7.62. The van der Waals surface area contributed by atoms with Gasteiger partial charge < -0.3 is 5.11 Å². The Bertz CT molecular complexity index is 408. The number of carboxylic acids is 1. The average molecular weight is 206 g/mol. The van der Waals surface area contributed by atoms with Crippen LogP contribution in [0.2, 0.25) is 0 Å². The van der Waals surface area contributed by atoms with E-state index in [1.54, 1.807) is 11.3 Å². The smallest absolute Gasteiger partial charge is 0.381 e. The fourth-order valence-corrected chi connectivity index (χ4v) is 2.77. The van der Waals surface area contributed by atoms with Gasteiger partial charge >= 0.3 is 5.97 Å². The molecule has 0 bridgehead atoms. The van der Waals surface area contributed by atoms with Crippen molar-refractivity contribution in [2.24, 2.45) is 0 Å². The summed E-state index contributed by atoms with van der Waals surface area (Å²) < 4.78 is 0. The topological polar surface area (TPSA) is 37.3 Å². The van der Waals surface area contributed by atoms with Crippen molar-refractivity contribution in [3.05, 3.63) is 21.9 Å². The lowest BCUT2D eigenvalue weighted by Crippen LogP contribution is -2.05. The van der Waals surface area contributed by atoms with Crippen LogP contribution in [0.3, 0.4) is 0 Å². The molecule has 2 nitrogen and oxygen atoms in total. The summed E-state index contributed by atoms with van der Waals surface area (Å²) >= 11 is 1.75. The van der Waals surface area contributed by atoms with E-state index in [4.69, 9.17) is 5.11 Å². The van der Waals surface area contributed by atoms with E-state index in [9.17, 15) is 4.79 Å². The number of carboxylic acid groups (broad SMARTS) is 1. The molecule has 1 N–H and O–H groups in total. The second-order valence-corrected chi connectivity index (χ2v) is 4.32. The molecule has 2 rings (SSSR count). The summed E-state index contributed by atoms with van der Waals surface area (Å²) in [6.45, 7) is 0. The van der Waals surface area contributed by atoms with Gasteiger partial charge in [-0.2, -0.15) is 0 Å². The van der Waals surface area contributed by atoms with E-state index in [-0.39, 0.29) is 5.92 Å². The van der Waals surface area contributed by atoms with Crippen LogP contribution in [0.15, 0.2) is 11.4 Å². The van der Waals surface area contributed by atoms with Gasteiger partial charge in [-0.3, -0.25) is 0 Å². The first kappa shape index (κ1) is 9.29. The lowest BCUT2D eigenvalue weighted by Gasteiger charge is -2.16. The Kier molecular flexibility index (Phi) is 2.55. The van der Waals surface area contributed by atoms with E-state index in [2.05, 4.69) is 23.3 Å². The minimum absolute atomic E-state index is 0.140. The lowest BCUT2D eigenvalue weighted by molar-refractivity contribution is -0.130. The molecule has 0 radical (unpaired) electrons. The van der Waals surface area contributed by atoms with Crippen molar-refractivity contribution >= 4 is 17.3 Å². The molecule has 0 spiro atoms. The molecule has 1 heterocycles. The summed E-state index contributed by atoms with van der Waals surface area (Å²) in [4.78, 5) is 11.7. The Hall–Kier alpha value is -1.27. The summed E-state index contributed by atoms with van der Waals surface area (Å²) in [7, 11) is 0. The molecule has 3 heteroatoms. The number of aryl methyl sites for hydroxylation is 1. The first-order chi connectivity index (χ1) is 6.77. The third-order valence-corrected chi connectivity index (χ3v) is 3.40. The van der Waals surface area contributed by atoms with E-state index in [1.165, 1.54) is 10.4 Å². The van der Waals surface area contributed by atoms with Crippen molar-refractivity contribution in [1.82, 2.24) is 0 Å². The van der Waals surface area contributed by atoms with Crippen LogP contribution in [-0.2, 0) is 11.2 Å². The van der Waals surface area contributed by atoms with Gasteiger partial charge in [0.05, 0.1) is 0 Å². The van der Waals surface area contributed by atoms with Crippen LogP contribution in [0.1, 0.15) is 29.2 Å². The molecule has 0 saturated heterocycles. The Morgan fingerprint density at radius 3 is 3.29 bits per heavy atom. The molecular formula is C11H10O2S. The number of carbonyl (C=O) groups is 1. The Labute approximate surface area is 86.6 Å². The quantitative estimate of drug-likeness (QED) is 0.661. The average Bonchev–Trinajstić information content (AvgIpc) is 2.62. The van der Waals surface area contributed by atoms with Crippen LogP contribution in [-0.4, -0.2) is 11.1 Å². The number of rotatable bonds is 0. The highest BCUT2D eigenvalue weighted by Gasteiger charge is 2.19. The molecule has 0 aromatic carbocycles. The Balaban J connectivity index is 2.25. The highest BCUT2D eigenvalue weighted by atomic mass is 32.1. The first-order valence-electron chi connectivity index (χ1n) is 4.58. The number of thiophene rings is 1. The minimum atomic E-state index is -1.03. The highest BCUT2D eigenvalue weighted by Crippen LogP contribution is 2.34. The van der Waals surface area contributed by atoms with E-state index in [0.29, 0.717) is 0 Å². The van der Waals surface area contributed by atoms with Gasteiger partial charge in [0.25, 0.3) is 0 Å². The van der Waals surface area contributed by atoms with Gasteiger partial charge in [0.1, 0.15) is 0 Å². The summed E-state index contributed by atoms with van der Waals surface area (Å²) in [5.41, 5.74) is 1.25. The number of hydrogen-bond acceptors (Lipinski definition) is 2. The lowest BCUT2D eigenvalue weighted by atomic mass is 9.88. The number of fused-ring (bicyclic) bond motifs is 1. The molecule has 0 saturated carbocycles. The third-order valence-electron chi connectivity index (χ3n) is 2.41. The molecule has 1 aromatic heterocycles. The van der Waals surface area contributed by atoms with Gasteiger partial charge in [0, 0.05) is 16.7 Å². The van der Waals surface area contributed by atoms with Crippen molar-refractivity contribution in [1.29, 1.82) is 0 Å². The van der Waals surface area contributed by atoms with Crippen LogP contribution in [0.5, 0.6) is 0 Å². The molecule has 0 aliphatic heterocycles. The first-order valence-corrected chi connectivity index (χ1v) is 5.46. The second kappa shape index (κ2) is 3.85. The Morgan fingerprint density at radius 1 is 1.64 bits per heavy atom. The maximum absolute atomic E-state index is 10.3. The van der Waals surface area contributed by atoms with Crippen LogP contribution in [0, 0.1) is 11.8 Å². The zero-order chi connectivity index (χ0) is 9.97. The van der Waals surface area contributed by atoms with Crippen molar-refractivity contribution in [3.63, 3.8) is 0 Å². The van der Waals surface area contributed by atoms with Gasteiger partial charge in [0.15, 0.2) is 0 Å².